The molecule has 1 N–H and O–H groups in total. The van der Waals surface area contributed by atoms with Crippen LogP contribution in [-0.2, 0) is 4.74 Å². The van der Waals surface area contributed by atoms with Crippen molar-refractivity contribution in [3.05, 3.63) is 0 Å². The van der Waals surface area contributed by atoms with Crippen molar-refractivity contribution in [3.8, 4) is 0 Å². The topological polar surface area (TPSA) is 21.3 Å². The van der Waals surface area contributed by atoms with Crippen molar-refractivity contribution in [2.75, 3.05) is 19.7 Å². The fourth-order valence-electron chi connectivity index (χ4n) is 2.03. The van der Waals surface area contributed by atoms with Gasteiger partial charge in [-0.25, -0.2) is 0 Å². The second-order valence-electron chi connectivity index (χ2n) is 3.42. The highest BCUT2D eigenvalue weighted by Crippen LogP contribution is 2.31. The Morgan fingerprint density at radius 3 is 2.70 bits per heavy atom. The van der Waals surface area contributed by atoms with E-state index in [4.69, 9.17) is 4.74 Å². The summed E-state index contributed by atoms with van der Waals surface area (Å²) in [6.45, 7) is 3.26. The highest BCUT2D eigenvalue weighted by atomic mass is 16.5. The first kappa shape index (κ1) is 6.62. The standard InChI is InChI=1S/C8H15NO/c1-3-8(7-9-5-1)4-2-6-10-8/h9H,1-7H2/t8-/m0/s1. The molecule has 0 saturated carbocycles. The maximum atomic E-state index is 5.72. The van der Waals surface area contributed by atoms with Crippen LogP contribution in [0.15, 0.2) is 0 Å². The van der Waals surface area contributed by atoms with E-state index in [1.807, 2.05) is 0 Å². The Labute approximate surface area is 61.9 Å². The molecule has 2 nitrogen and oxygen atoms in total. The van der Waals surface area contributed by atoms with E-state index in [0.29, 0.717) is 0 Å². The normalized spacial score (nSPS) is 40.8. The summed E-state index contributed by atoms with van der Waals surface area (Å²) < 4.78 is 5.72. The summed E-state index contributed by atoms with van der Waals surface area (Å²) in [5, 5.41) is 3.39. The minimum Gasteiger partial charge on any atom is -0.374 e. The summed E-state index contributed by atoms with van der Waals surface area (Å²) in [6, 6.07) is 0. The third-order valence-corrected chi connectivity index (χ3v) is 2.62. The molecule has 0 aromatic rings. The van der Waals surface area contributed by atoms with E-state index in [-0.39, 0.29) is 5.60 Å². The Hall–Kier alpha value is -0.0800. The van der Waals surface area contributed by atoms with E-state index in [1.165, 1.54) is 32.2 Å². The molecule has 2 rings (SSSR count). The maximum absolute atomic E-state index is 5.72. The molecule has 1 atom stereocenters. The van der Waals surface area contributed by atoms with Crippen LogP contribution in [0, 0.1) is 0 Å². The summed E-state index contributed by atoms with van der Waals surface area (Å²) in [5.41, 5.74) is 0.262. The van der Waals surface area contributed by atoms with Crippen molar-refractivity contribution < 1.29 is 4.74 Å². The van der Waals surface area contributed by atoms with Crippen LogP contribution in [0.3, 0.4) is 0 Å². The van der Waals surface area contributed by atoms with Gasteiger partial charge in [-0.3, -0.25) is 0 Å². The molecule has 2 fully saturated rings. The summed E-state index contributed by atoms with van der Waals surface area (Å²) in [4.78, 5) is 0. The molecule has 0 aliphatic carbocycles. The van der Waals surface area contributed by atoms with Gasteiger partial charge in [-0.05, 0) is 32.2 Å². The number of piperidine rings is 1. The van der Waals surface area contributed by atoms with Crippen LogP contribution in [-0.4, -0.2) is 25.3 Å². The average Bonchev–Trinajstić information content (AvgIpc) is 2.39. The average molecular weight is 141 g/mol. The lowest BCUT2D eigenvalue weighted by molar-refractivity contribution is -0.0137. The monoisotopic (exact) mass is 141 g/mol. The van der Waals surface area contributed by atoms with E-state index in [1.54, 1.807) is 0 Å². The third kappa shape index (κ3) is 1.06. The molecule has 2 aliphatic heterocycles. The zero-order valence-electron chi connectivity index (χ0n) is 6.36. The molecule has 2 heterocycles. The van der Waals surface area contributed by atoms with Crippen molar-refractivity contribution in [1.82, 2.24) is 5.32 Å². The van der Waals surface area contributed by atoms with Gasteiger partial charge in [-0.1, -0.05) is 0 Å². The molecule has 10 heavy (non-hydrogen) atoms. The van der Waals surface area contributed by atoms with Crippen LogP contribution < -0.4 is 5.32 Å². The highest BCUT2D eigenvalue weighted by Gasteiger charge is 2.35. The van der Waals surface area contributed by atoms with E-state index < -0.39 is 0 Å². The Kier molecular flexibility index (Phi) is 1.66. The molecule has 0 aromatic heterocycles. The number of rotatable bonds is 0. The van der Waals surface area contributed by atoms with Gasteiger partial charge >= 0.3 is 0 Å². The molecule has 58 valence electrons. The summed E-state index contributed by atoms with van der Waals surface area (Å²) >= 11 is 0. The SMILES string of the molecule is C1CNC[C@]2(C1)CCCO2. The predicted octanol–water partition coefficient (Wildman–Crippen LogP) is 0.919. The van der Waals surface area contributed by atoms with Crippen molar-refractivity contribution in [2.45, 2.75) is 31.3 Å². The van der Waals surface area contributed by atoms with Gasteiger partial charge < -0.3 is 10.1 Å². The largest absolute Gasteiger partial charge is 0.374 e. The van der Waals surface area contributed by atoms with E-state index in [9.17, 15) is 0 Å². The highest BCUT2D eigenvalue weighted by molar-refractivity contribution is 4.90. The molecule has 0 bridgehead atoms. The van der Waals surface area contributed by atoms with Crippen molar-refractivity contribution in [3.63, 3.8) is 0 Å². The van der Waals surface area contributed by atoms with Gasteiger partial charge in [-0.15, -0.1) is 0 Å². The molecule has 0 amide bonds. The van der Waals surface area contributed by atoms with E-state index in [2.05, 4.69) is 5.32 Å². The lowest BCUT2D eigenvalue weighted by Gasteiger charge is -2.32. The van der Waals surface area contributed by atoms with Crippen LogP contribution >= 0.6 is 0 Å². The first-order valence-electron chi connectivity index (χ1n) is 4.26. The Bertz CT molecular complexity index is 110. The Morgan fingerprint density at radius 2 is 2.10 bits per heavy atom. The van der Waals surface area contributed by atoms with Gasteiger partial charge in [0.05, 0.1) is 5.60 Å². The second-order valence-corrected chi connectivity index (χ2v) is 3.42. The summed E-state index contributed by atoms with van der Waals surface area (Å²) in [6.07, 6.45) is 5.11. The lowest BCUT2D eigenvalue weighted by Crippen LogP contribution is -2.44. The van der Waals surface area contributed by atoms with Crippen LogP contribution in [0.4, 0.5) is 0 Å². The Morgan fingerprint density at radius 1 is 1.20 bits per heavy atom. The molecule has 0 radical (unpaired) electrons. The van der Waals surface area contributed by atoms with Crippen LogP contribution in [0.2, 0.25) is 0 Å². The number of ether oxygens (including phenoxy) is 1. The molecular formula is C8H15NO. The first-order chi connectivity index (χ1) is 4.91. The minimum atomic E-state index is 0.262. The zero-order valence-corrected chi connectivity index (χ0v) is 6.36. The summed E-state index contributed by atoms with van der Waals surface area (Å²) in [5.74, 6) is 0. The molecule has 1 spiro atoms. The quantitative estimate of drug-likeness (QED) is 0.541. The fraction of sp³-hybridized carbons (Fsp3) is 1.00. The minimum absolute atomic E-state index is 0.262. The van der Waals surface area contributed by atoms with Gasteiger partial charge in [0.15, 0.2) is 0 Å². The third-order valence-electron chi connectivity index (χ3n) is 2.62. The van der Waals surface area contributed by atoms with Crippen molar-refractivity contribution in [2.24, 2.45) is 0 Å². The van der Waals surface area contributed by atoms with Gasteiger partial charge in [0.2, 0.25) is 0 Å². The molecule has 2 aliphatic rings. The van der Waals surface area contributed by atoms with Gasteiger partial charge in [0.25, 0.3) is 0 Å². The van der Waals surface area contributed by atoms with Crippen LogP contribution in [0.25, 0.3) is 0 Å². The van der Waals surface area contributed by atoms with Gasteiger partial charge in [-0.2, -0.15) is 0 Å². The molecule has 2 heteroatoms. The molecule has 0 aromatic carbocycles. The molecular weight excluding hydrogens is 126 g/mol. The Balaban J connectivity index is 1.98. The van der Waals surface area contributed by atoms with Crippen molar-refractivity contribution in [1.29, 1.82) is 0 Å². The molecule has 2 saturated heterocycles. The van der Waals surface area contributed by atoms with Crippen LogP contribution in [0.1, 0.15) is 25.7 Å². The van der Waals surface area contributed by atoms with Crippen molar-refractivity contribution >= 4 is 0 Å². The number of hydrogen-bond donors (Lipinski definition) is 1. The van der Waals surface area contributed by atoms with Gasteiger partial charge in [0.1, 0.15) is 0 Å². The number of hydrogen-bond acceptors (Lipinski definition) is 2. The number of nitrogens with one attached hydrogen (secondary N) is 1. The lowest BCUT2D eigenvalue weighted by atomic mass is 9.91. The van der Waals surface area contributed by atoms with E-state index in [0.717, 1.165) is 13.2 Å². The summed E-state index contributed by atoms with van der Waals surface area (Å²) in [7, 11) is 0. The smallest absolute Gasteiger partial charge is 0.0807 e. The zero-order chi connectivity index (χ0) is 6.86. The first-order valence-corrected chi connectivity index (χ1v) is 4.26. The second kappa shape index (κ2) is 2.51. The maximum Gasteiger partial charge on any atom is 0.0807 e. The van der Waals surface area contributed by atoms with Gasteiger partial charge in [0, 0.05) is 13.2 Å². The van der Waals surface area contributed by atoms with E-state index >= 15 is 0 Å². The predicted molar refractivity (Wildman–Crippen MR) is 40.0 cm³/mol. The fourth-order valence-corrected chi connectivity index (χ4v) is 2.03. The van der Waals surface area contributed by atoms with Crippen LogP contribution in [0.5, 0.6) is 0 Å². The molecule has 0 unspecified atom stereocenters.